The molecular weight excluding hydrogens is 318 g/mol. The molecule has 0 heterocycles. The normalized spacial score (nSPS) is 36.3. The zero-order chi connectivity index (χ0) is 16.8. The van der Waals surface area contributed by atoms with E-state index in [0.717, 1.165) is 23.3 Å². The van der Waals surface area contributed by atoms with Crippen molar-refractivity contribution in [3.05, 3.63) is 41.3 Å². The maximum Gasteiger partial charge on any atom is 0.233 e. The third-order valence-corrected chi connectivity index (χ3v) is 7.76. The van der Waals surface area contributed by atoms with E-state index in [4.69, 9.17) is 0 Å². The van der Waals surface area contributed by atoms with Gasteiger partial charge in [0.05, 0.1) is 0 Å². The lowest BCUT2D eigenvalue weighted by Gasteiger charge is -2.59. The number of rotatable bonds is 5. The van der Waals surface area contributed by atoms with Gasteiger partial charge in [0.1, 0.15) is 0 Å². The van der Waals surface area contributed by atoms with Gasteiger partial charge in [0.2, 0.25) is 10.0 Å². The van der Waals surface area contributed by atoms with Gasteiger partial charge in [0.25, 0.3) is 0 Å². The first-order chi connectivity index (χ1) is 11.4. The molecule has 0 aliphatic heterocycles. The van der Waals surface area contributed by atoms with Gasteiger partial charge in [-0.2, -0.15) is 0 Å². The Kier molecular flexibility index (Phi) is 4.08. The molecule has 1 unspecified atom stereocenters. The van der Waals surface area contributed by atoms with E-state index in [1.807, 2.05) is 30.3 Å². The van der Waals surface area contributed by atoms with Gasteiger partial charge in [-0.15, -0.1) is 0 Å². The quantitative estimate of drug-likeness (QED) is 0.870. The number of nitrogens with one attached hydrogen (secondary N) is 1. The van der Waals surface area contributed by atoms with Gasteiger partial charge in [0.15, 0.2) is 0 Å². The Bertz CT molecular complexity index is 688. The summed E-state index contributed by atoms with van der Waals surface area (Å²) in [5.41, 5.74) is 1.10. The van der Waals surface area contributed by atoms with Crippen LogP contribution in [0.4, 0.5) is 0 Å². The summed E-state index contributed by atoms with van der Waals surface area (Å²) in [6, 6.07) is 9.61. The first-order valence-electron chi connectivity index (χ1n) is 9.20. The Labute approximate surface area is 145 Å². The molecule has 0 spiro atoms. The standard InChI is InChI=1S/C20H27NO2S/c1-15(20-12-17-9-18(13-20)11-19(10-17)14-20)21-24(22,23)8-7-16-5-3-2-4-6-16/h2-8,15,17-19,21H,9-14H2,1H3/b8-7+. The molecule has 1 N–H and O–H groups in total. The molecule has 0 radical (unpaired) electrons. The lowest BCUT2D eigenvalue weighted by atomic mass is 9.48. The van der Waals surface area contributed by atoms with Gasteiger partial charge in [0, 0.05) is 11.4 Å². The van der Waals surface area contributed by atoms with Crippen LogP contribution >= 0.6 is 0 Å². The summed E-state index contributed by atoms with van der Waals surface area (Å²) in [4.78, 5) is 0. The second-order valence-corrected chi connectivity index (χ2v) is 9.98. The third-order valence-electron chi connectivity index (χ3n) is 6.58. The van der Waals surface area contributed by atoms with Crippen LogP contribution in [0.2, 0.25) is 0 Å². The molecule has 130 valence electrons. The molecule has 4 bridgehead atoms. The van der Waals surface area contributed by atoms with Crippen LogP contribution in [-0.2, 0) is 10.0 Å². The molecule has 3 nitrogen and oxygen atoms in total. The van der Waals surface area contributed by atoms with Crippen molar-refractivity contribution in [2.45, 2.75) is 51.5 Å². The van der Waals surface area contributed by atoms with Crippen LogP contribution in [0.15, 0.2) is 35.7 Å². The first-order valence-corrected chi connectivity index (χ1v) is 10.7. The third kappa shape index (κ3) is 3.18. The zero-order valence-electron chi connectivity index (χ0n) is 14.3. The Morgan fingerprint density at radius 1 is 1.04 bits per heavy atom. The van der Waals surface area contributed by atoms with Crippen molar-refractivity contribution in [1.29, 1.82) is 0 Å². The van der Waals surface area contributed by atoms with Crippen LogP contribution in [0.3, 0.4) is 0 Å². The minimum atomic E-state index is -3.40. The van der Waals surface area contributed by atoms with Gasteiger partial charge in [-0.1, -0.05) is 30.3 Å². The van der Waals surface area contributed by atoms with Crippen LogP contribution in [0.5, 0.6) is 0 Å². The molecule has 0 amide bonds. The topological polar surface area (TPSA) is 46.2 Å². The molecule has 5 rings (SSSR count). The van der Waals surface area contributed by atoms with Gasteiger partial charge in [-0.3, -0.25) is 0 Å². The fraction of sp³-hybridized carbons (Fsp3) is 0.600. The molecule has 1 aromatic carbocycles. The van der Waals surface area contributed by atoms with Crippen molar-refractivity contribution in [3.8, 4) is 0 Å². The monoisotopic (exact) mass is 345 g/mol. The van der Waals surface area contributed by atoms with Crippen molar-refractivity contribution in [2.75, 3.05) is 0 Å². The molecule has 4 saturated carbocycles. The van der Waals surface area contributed by atoms with Crippen molar-refractivity contribution in [3.63, 3.8) is 0 Å². The summed E-state index contributed by atoms with van der Waals surface area (Å²) in [5.74, 6) is 2.51. The zero-order valence-corrected chi connectivity index (χ0v) is 15.1. The summed E-state index contributed by atoms with van der Waals surface area (Å²) in [6.07, 6.45) is 9.46. The predicted molar refractivity (Wildman–Crippen MR) is 97.6 cm³/mol. The highest BCUT2D eigenvalue weighted by Gasteiger charge is 2.53. The second kappa shape index (κ2) is 5.99. The minimum Gasteiger partial charge on any atom is -0.208 e. The molecule has 4 fully saturated rings. The average molecular weight is 346 g/mol. The molecular formula is C20H27NO2S. The van der Waals surface area contributed by atoms with Gasteiger partial charge in [-0.25, -0.2) is 13.1 Å². The average Bonchev–Trinajstić information content (AvgIpc) is 2.52. The van der Waals surface area contributed by atoms with Crippen molar-refractivity contribution < 1.29 is 8.42 Å². The van der Waals surface area contributed by atoms with Crippen molar-refractivity contribution in [2.24, 2.45) is 23.2 Å². The molecule has 0 saturated heterocycles. The van der Waals surface area contributed by atoms with E-state index in [9.17, 15) is 8.42 Å². The van der Waals surface area contributed by atoms with Crippen LogP contribution in [0.25, 0.3) is 6.08 Å². The lowest BCUT2D eigenvalue weighted by Crippen LogP contribution is -2.55. The minimum absolute atomic E-state index is 0.0244. The number of sulfonamides is 1. The summed E-state index contributed by atoms with van der Waals surface area (Å²) in [5, 5.41) is 1.32. The van der Waals surface area contributed by atoms with E-state index >= 15 is 0 Å². The number of benzene rings is 1. The second-order valence-electron chi connectivity index (χ2n) is 8.38. The van der Waals surface area contributed by atoms with E-state index in [2.05, 4.69) is 11.6 Å². The predicted octanol–water partition coefficient (Wildman–Crippen LogP) is 4.18. The van der Waals surface area contributed by atoms with Crippen LogP contribution < -0.4 is 4.72 Å². The van der Waals surface area contributed by atoms with Crippen molar-refractivity contribution in [1.82, 2.24) is 4.72 Å². The van der Waals surface area contributed by atoms with E-state index in [1.54, 1.807) is 6.08 Å². The van der Waals surface area contributed by atoms with Crippen LogP contribution in [-0.4, -0.2) is 14.5 Å². The van der Waals surface area contributed by atoms with Crippen LogP contribution in [0.1, 0.15) is 51.0 Å². The molecule has 0 aromatic heterocycles. The molecule has 24 heavy (non-hydrogen) atoms. The van der Waals surface area contributed by atoms with E-state index < -0.39 is 10.0 Å². The summed E-state index contributed by atoms with van der Waals surface area (Å²) in [6.45, 7) is 2.08. The molecule has 1 aromatic rings. The van der Waals surface area contributed by atoms with Gasteiger partial charge >= 0.3 is 0 Å². The summed E-state index contributed by atoms with van der Waals surface area (Å²) >= 11 is 0. The Morgan fingerprint density at radius 2 is 1.58 bits per heavy atom. The fourth-order valence-corrected chi connectivity index (χ4v) is 7.01. The Balaban J connectivity index is 1.47. The van der Waals surface area contributed by atoms with E-state index in [-0.39, 0.29) is 11.5 Å². The SMILES string of the molecule is CC(NS(=O)(=O)/C=C/c1ccccc1)C12CC3CC(CC(C3)C1)C2. The molecule has 4 aliphatic rings. The van der Waals surface area contributed by atoms with E-state index in [0.29, 0.717) is 0 Å². The summed E-state index contributed by atoms with van der Waals surface area (Å²) < 4.78 is 28.0. The highest BCUT2D eigenvalue weighted by Crippen LogP contribution is 2.61. The maximum absolute atomic E-state index is 12.5. The lowest BCUT2D eigenvalue weighted by molar-refractivity contribution is -0.0665. The van der Waals surface area contributed by atoms with Crippen molar-refractivity contribution >= 4 is 16.1 Å². The van der Waals surface area contributed by atoms with E-state index in [1.165, 1.54) is 43.9 Å². The highest BCUT2D eigenvalue weighted by molar-refractivity contribution is 7.92. The van der Waals surface area contributed by atoms with Crippen LogP contribution in [0, 0.1) is 23.2 Å². The largest absolute Gasteiger partial charge is 0.233 e. The fourth-order valence-electron chi connectivity index (χ4n) is 5.85. The molecule has 4 aliphatic carbocycles. The molecule has 1 atom stereocenters. The Morgan fingerprint density at radius 3 is 2.12 bits per heavy atom. The summed E-state index contributed by atoms with van der Waals surface area (Å²) in [7, 11) is -3.40. The van der Waals surface area contributed by atoms with Gasteiger partial charge in [-0.05, 0) is 80.3 Å². The smallest absolute Gasteiger partial charge is 0.208 e. The number of hydrogen-bond acceptors (Lipinski definition) is 2. The highest BCUT2D eigenvalue weighted by atomic mass is 32.2. The first kappa shape index (κ1) is 16.3. The van der Waals surface area contributed by atoms with Gasteiger partial charge < -0.3 is 0 Å². The number of hydrogen-bond donors (Lipinski definition) is 1. The Hall–Kier alpha value is -1.13. The maximum atomic E-state index is 12.5. The molecule has 4 heteroatoms.